The summed E-state index contributed by atoms with van der Waals surface area (Å²) in [5, 5.41) is 5.54. The van der Waals surface area contributed by atoms with Gasteiger partial charge in [0.2, 0.25) is 0 Å². The van der Waals surface area contributed by atoms with E-state index >= 15 is 0 Å². The lowest BCUT2D eigenvalue weighted by Gasteiger charge is -2.19. The summed E-state index contributed by atoms with van der Waals surface area (Å²) in [5.74, 6) is -0.142. The molecule has 20 heavy (non-hydrogen) atoms. The van der Waals surface area contributed by atoms with Gasteiger partial charge in [0.25, 0.3) is 0 Å². The summed E-state index contributed by atoms with van der Waals surface area (Å²) in [7, 11) is 0. The molecule has 1 aliphatic rings. The van der Waals surface area contributed by atoms with Crippen molar-refractivity contribution in [3.63, 3.8) is 0 Å². The van der Waals surface area contributed by atoms with Gasteiger partial charge in [-0.25, -0.2) is 4.39 Å². The number of hydrogen-bond acceptors (Lipinski definition) is 2. The largest absolute Gasteiger partial charge is 0.310 e. The molecule has 1 unspecified atom stereocenters. The van der Waals surface area contributed by atoms with Crippen LogP contribution in [0, 0.1) is 5.82 Å². The van der Waals surface area contributed by atoms with Gasteiger partial charge in [0.1, 0.15) is 5.82 Å². The van der Waals surface area contributed by atoms with E-state index < -0.39 is 0 Å². The fourth-order valence-corrected chi connectivity index (χ4v) is 3.29. The Bertz CT molecular complexity index is 589. The van der Waals surface area contributed by atoms with E-state index in [1.807, 2.05) is 29.6 Å². The number of halogens is 1. The number of allylic oxidation sites excluding steroid dienone is 1. The fraction of sp³-hybridized carbons (Fsp3) is 0.294. The first-order chi connectivity index (χ1) is 9.83. The van der Waals surface area contributed by atoms with Crippen LogP contribution in [-0.4, -0.2) is 6.04 Å². The van der Waals surface area contributed by atoms with Gasteiger partial charge < -0.3 is 5.32 Å². The quantitative estimate of drug-likeness (QED) is 0.800. The second-order valence-electron chi connectivity index (χ2n) is 5.15. The average Bonchev–Trinajstić information content (AvgIpc) is 3.01. The average molecular weight is 287 g/mol. The van der Waals surface area contributed by atoms with Crippen molar-refractivity contribution in [2.24, 2.45) is 0 Å². The van der Waals surface area contributed by atoms with E-state index in [-0.39, 0.29) is 5.82 Å². The number of benzene rings is 1. The molecule has 0 fully saturated rings. The summed E-state index contributed by atoms with van der Waals surface area (Å²) < 4.78 is 13.9. The summed E-state index contributed by atoms with van der Waals surface area (Å²) in [4.78, 5) is 0.991. The SMILES string of the molecule is Fc1ccc(CNC2CC=CCC2)cc1-c1cccs1. The lowest BCUT2D eigenvalue weighted by molar-refractivity contribution is 0.474. The molecule has 3 heteroatoms. The first-order valence-corrected chi connectivity index (χ1v) is 7.91. The maximum Gasteiger partial charge on any atom is 0.131 e. The van der Waals surface area contributed by atoms with Crippen molar-refractivity contribution in [3.8, 4) is 10.4 Å². The van der Waals surface area contributed by atoms with Gasteiger partial charge >= 0.3 is 0 Å². The first-order valence-electron chi connectivity index (χ1n) is 7.03. The van der Waals surface area contributed by atoms with Gasteiger partial charge in [-0.15, -0.1) is 11.3 Å². The standard InChI is InChI=1S/C17H18FNS/c18-16-9-8-13(11-15(16)17-7-4-10-20-17)12-19-14-5-2-1-3-6-14/h1-2,4,7-11,14,19H,3,5-6,12H2. The van der Waals surface area contributed by atoms with Gasteiger partial charge in [-0.2, -0.15) is 0 Å². The minimum atomic E-state index is -0.142. The molecule has 0 saturated carbocycles. The van der Waals surface area contributed by atoms with Crippen molar-refractivity contribution < 1.29 is 4.39 Å². The van der Waals surface area contributed by atoms with Crippen LogP contribution < -0.4 is 5.32 Å². The van der Waals surface area contributed by atoms with Crippen molar-refractivity contribution in [3.05, 3.63) is 59.2 Å². The topological polar surface area (TPSA) is 12.0 Å². The van der Waals surface area contributed by atoms with Crippen molar-refractivity contribution >= 4 is 11.3 Å². The van der Waals surface area contributed by atoms with Crippen LogP contribution in [0.15, 0.2) is 47.9 Å². The molecule has 3 rings (SSSR count). The second kappa shape index (κ2) is 6.33. The van der Waals surface area contributed by atoms with Crippen molar-refractivity contribution in [1.29, 1.82) is 0 Å². The van der Waals surface area contributed by atoms with Crippen LogP contribution in [0.1, 0.15) is 24.8 Å². The molecule has 104 valence electrons. The molecule has 0 bridgehead atoms. The van der Waals surface area contributed by atoms with E-state index in [1.165, 1.54) is 6.42 Å². The number of hydrogen-bond donors (Lipinski definition) is 1. The number of nitrogens with one attached hydrogen (secondary N) is 1. The smallest absolute Gasteiger partial charge is 0.131 e. The lowest BCUT2D eigenvalue weighted by Crippen LogP contribution is -2.29. The molecule has 0 spiro atoms. The zero-order chi connectivity index (χ0) is 13.8. The predicted octanol–water partition coefficient (Wildman–Crippen LogP) is 4.75. The molecule has 1 heterocycles. The minimum absolute atomic E-state index is 0.142. The second-order valence-corrected chi connectivity index (χ2v) is 6.10. The maximum atomic E-state index is 13.9. The minimum Gasteiger partial charge on any atom is -0.310 e. The molecule has 1 atom stereocenters. The Balaban J connectivity index is 1.71. The van der Waals surface area contributed by atoms with Crippen LogP contribution in [0.25, 0.3) is 10.4 Å². The van der Waals surface area contributed by atoms with E-state index in [0.717, 1.165) is 29.8 Å². The van der Waals surface area contributed by atoms with Gasteiger partial charge in [-0.05, 0) is 48.4 Å². The summed E-state index contributed by atoms with van der Waals surface area (Å²) >= 11 is 1.58. The molecule has 0 amide bonds. The Kier molecular flexibility index (Phi) is 4.28. The highest BCUT2D eigenvalue weighted by Crippen LogP contribution is 2.28. The van der Waals surface area contributed by atoms with Crippen molar-refractivity contribution in [2.75, 3.05) is 0 Å². The molecular weight excluding hydrogens is 269 g/mol. The van der Waals surface area contributed by atoms with Crippen LogP contribution in [0.4, 0.5) is 4.39 Å². The van der Waals surface area contributed by atoms with Gasteiger partial charge in [0.05, 0.1) is 0 Å². The van der Waals surface area contributed by atoms with Crippen molar-refractivity contribution in [1.82, 2.24) is 5.32 Å². The molecule has 2 aromatic rings. The van der Waals surface area contributed by atoms with Gasteiger partial charge in [0.15, 0.2) is 0 Å². The third kappa shape index (κ3) is 3.17. The van der Waals surface area contributed by atoms with Crippen LogP contribution in [0.2, 0.25) is 0 Å². The van der Waals surface area contributed by atoms with Gasteiger partial charge in [-0.3, -0.25) is 0 Å². The predicted molar refractivity (Wildman–Crippen MR) is 83.3 cm³/mol. The van der Waals surface area contributed by atoms with Crippen LogP contribution in [0.5, 0.6) is 0 Å². The number of rotatable bonds is 4. The lowest BCUT2D eigenvalue weighted by atomic mass is 10.0. The fourth-order valence-electron chi connectivity index (χ4n) is 2.54. The van der Waals surface area contributed by atoms with Crippen LogP contribution in [-0.2, 0) is 6.54 Å². The molecule has 0 saturated heterocycles. The highest BCUT2D eigenvalue weighted by Gasteiger charge is 2.10. The molecule has 0 radical (unpaired) electrons. The van der Waals surface area contributed by atoms with Crippen molar-refractivity contribution in [2.45, 2.75) is 31.8 Å². The molecule has 0 aliphatic heterocycles. The van der Waals surface area contributed by atoms with E-state index in [1.54, 1.807) is 17.4 Å². The van der Waals surface area contributed by atoms with E-state index in [9.17, 15) is 4.39 Å². The van der Waals surface area contributed by atoms with Crippen LogP contribution in [0.3, 0.4) is 0 Å². The summed E-state index contributed by atoms with van der Waals surface area (Å²) in [6.45, 7) is 0.803. The van der Waals surface area contributed by atoms with E-state index in [2.05, 4.69) is 17.5 Å². The first kappa shape index (κ1) is 13.5. The third-order valence-electron chi connectivity index (χ3n) is 3.68. The molecule has 1 aromatic heterocycles. The van der Waals surface area contributed by atoms with E-state index in [0.29, 0.717) is 11.6 Å². The Labute approximate surface area is 123 Å². The summed E-state index contributed by atoms with van der Waals surface area (Å²) in [5.41, 5.74) is 1.85. The molecule has 1 N–H and O–H groups in total. The highest BCUT2D eigenvalue weighted by atomic mass is 32.1. The highest BCUT2D eigenvalue weighted by molar-refractivity contribution is 7.13. The Morgan fingerprint density at radius 3 is 2.95 bits per heavy atom. The third-order valence-corrected chi connectivity index (χ3v) is 4.58. The molecular formula is C17H18FNS. The Hall–Kier alpha value is -1.45. The van der Waals surface area contributed by atoms with Gasteiger partial charge in [-0.1, -0.05) is 24.3 Å². The molecule has 1 aliphatic carbocycles. The van der Waals surface area contributed by atoms with Gasteiger partial charge in [0, 0.05) is 23.0 Å². The zero-order valence-corrected chi connectivity index (χ0v) is 12.1. The Morgan fingerprint density at radius 2 is 2.20 bits per heavy atom. The normalized spacial score (nSPS) is 18.4. The maximum absolute atomic E-state index is 13.9. The summed E-state index contributed by atoms with van der Waals surface area (Å²) in [6, 6.07) is 9.89. The van der Waals surface area contributed by atoms with E-state index in [4.69, 9.17) is 0 Å². The van der Waals surface area contributed by atoms with Crippen LogP contribution >= 0.6 is 11.3 Å². The number of thiophene rings is 1. The molecule has 1 nitrogen and oxygen atoms in total. The summed E-state index contributed by atoms with van der Waals surface area (Å²) in [6.07, 6.45) is 7.92. The Morgan fingerprint density at radius 1 is 1.25 bits per heavy atom. The zero-order valence-electron chi connectivity index (χ0n) is 11.3. The monoisotopic (exact) mass is 287 g/mol. The molecule has 1 aromatic carbocycles.